The number of ether oxygens (including phenoxy) is 1. The second kappa shape index (κ2) is 7.19. The van der Waals surface area contributed by atoms with Crippen LogP contribution in [0.3, 0.4) is 0 Å². The standard InChI is InChI=1S/C15H12BrFN2O4/c1-23-14-5-2-9(7-13(14)19(21)22)15(20)18-8-10-6-11(17)3-4-12(10)16/h2-7H,8H2,1H3,(H,18,20). The van der Waals surface area contributed by atoms with Crippen molar-refractivity contribution in [3.8, 4) is 5.75 Å². The summed E-state index contributed by atoms with van der Waals surface area (Å²) in [5.41, 5.74) is 0.374. The van der Waals surface area contributed by atoms with Crippen molar-refractivity contribution in [3.63, 3.8) is 0 Å². The first-order valence-corrected chi connectivity index (χ1v) is 7.26. The Bertz CT molecular complexity index is 767. The predicted octanol–water partition coefficient (Wildman–Crippen LogP) is 3.44. The Morgan fingerprint density at radius 2 is 2.09 bits per heavy atom. The van der Waals surface area contributed by atoms with Gasteiger partial charge in [-0.3, -0.25) is 14.9 Å². The number of hydrogen-bond donors (Lipinski definition) is 1. The molecule has 2 aromatic carbocycles. The van der Waals surface area contributed by atoms with Gasteiger partial charge in [-0.25, -0.2) is 4.39 Å². The lowest BCUT2D eigenvalue weighted by Crippen LogP contribution is -2.23. The van der Waals surface area contributed by atoms with Gasteiger partial charge in [0.25, 0.3) is 5.91 Å². The second-order valence-electron chi connectivity index (χ2n) is 4.56. The van der Waals surface area contributed by atoms with E-state index in [9.17, 15) is 19.3 Å². The van der Waals surface area contributed by atoms with Crippen LogP contribution in [0.2, 0.25) is 0 Å². The first-order chi connectivity index (χ1) is 10.9. The van der Waals surface area contributed by atoms with Crippen molar-refractivity contribution in [2.75, 3.05) is 7.11 Å². The van der Waals surface area contributed by atoms with Crippen molar-refractivity contribution in [3.05, 3.63) is 67.9 Å². The number of rotatable bonds is 5. The van der Waals surface area contributed by atoms with Crippen LogP contribution in [-0.2, 0) is 6.54 Å². The molecule has 6 nitrogen and oxygen atoms in total. The van der Waals surface area contributed by atoms with E-state index in [-0.39, 0.29) is 23.5 Å². The van der Waals surface area contributed by atoms with E-state index in [4.69, 9.17) is 4.74 Å². The monoisotopic (exact) mass is 382 g/mol. The van der Waals surface area contributed by atoms with E-state index >= 15 is 0 Å². The number of hydrogen-bond acceptors (Lipinski definition) is 4. The molecular formula is C15H12BrFN2O4. The number of carbonyl (C=O) groups is 1. The van der Waals surface area contributed by atoms with Crippen molar-refractivity contribution in [2.24, 2.45) is 0 Å². The van der Waals surface area contributed by atoms with Crippen LogP contribution >= 0.6 is 15.9 Å². The van der Waals surface area contributed by atoms with E-state index in [1.165, 1.54) is 37.4 Å². The Hall–Kier alpha value is -2.48. The minimum atomic E-state index is -0.626. The molecule has 0 spiro atoms. The second-order valence-corrected chi connectivity index (χ2v) is 5.42. The van der Waals surface area contributed by atoms with Crippen molar-refractivity contribution >= 4 is 27.5 Å². The molecule has 0 atom stereocenters. The number of carbonyl (C=O) groups excluding carboxylic acids is 1. The van der Waals surface area contributed by atoms with Crippen LogP contribution < -0.4 is 10.1 Å². The van der Waals surface area contributed by atoms with Gasteiger partial charge in [-0.2, -0.15) is 0 Å². The largest absolute Gasteiger partial charge is 0.490 e. The Kier molecular flexibility index (Phi) is 5.28. The van der Waals surface area contributed by atoms with Gasteiger partial charge in [0.05, 0.1) is 12.0 Å². The molecule has 23 heavy (non-hydrogen) atoms. The Labute approximate surface area is 139 Å². The van der Waals surface area contributed by atoms with Gasteiger partial charge in [0.2, 0.25) is 0 Å². The molecule has 0 aliphatic carbocycles. The molecule has 0 fully saturated rings. The highest BCUT2D eigenvalue weighted by Gasteiger charge is 2.18. The third kappa shape index (κ3) is 4.04. The van der Waals surface area contributed by atoms with Gasteiger partial charge in [0, 0.05) is 22.6 Å². The van der Waals surface area contributed by atoms with Gasteiger partial charge in [0.1, 0.15) is 5.82 Å². The summed E-state index contributed by atoms with van der Waals surface area (Å²) >= 11 is 3.26. The smallest absolute Gasteiger partial charge is 0.311 e. The zero-order chi connectivity index (χ0) is 17.0. The molecule has 0 saturated carbocycles. The summed E-state index contributed by atoms with van der Waals surface area (Å²) in [5, 5.41) is 13.6. The fraction of sp³-hybridized carbons (Fsp3) is 0.133. The van der Waals surface area contributed by atoms with Gasteiger partial charge < -0.3 is 10.1 Å². The molecule has 1 N–H and O–H groups in total. The van der Waals surface area contributed by atoms with Crippen molar-refractivity contribution in [2.45, 2.75) is 6.54 Å². The summed E-state index contributed by atoms with van der Waals surface area (Å²) in [6.45, 7) is 0.0804. The minimum absolute atomic E-state index is 0.0689. The number of nitrogens with zero attached hydrogens (tertiary/aromatic N) is 1. The molecular weight excluding hydrogens is 371 g/mol. The van der Waals surface area contributed by atoms with Crippen LogP contribution in [0.5, 0.6) is 5.75 Å². The lowest BCUT2D eigenvalue weighted by Gasteiger charge is -2.08. The van der Waals surface area contributed by atoms with Gasteiger partial charge in [-0.1, -0.05) is 15.9 Å². The zero-order valence-electron chi connectivity index (χ0n) is 12.0. The summed E-state index contributed by atoms with van der Waals surface area (Å²) in [7, 11) is 1.31. The summed E-state index contributed by atoms with van der Waals surface area (Å²) in [5.74, 6) is -0.858. The summed E-state index contributed by atoms with van der Waals surface area (Å²) in [4.78, 5) is 22.4. The maximum absolute atomic E-state index is 13.2. The average molecular weight is 383 g/mol. The molecule has 0 aliphatic rings. The number of nitrogens with one attached hydrogen (secondary N) is 1. The number of nitro benzene ring substituents is 1. The Morgan fingerprint density at radius 1 is 1.35 bits per heavy atom. The molecule has 1 amide bonds. The third-order valence-electron chi connectivity index (χ3n) is 3.08. The van der Waals surface area contributed by atoms with Crippen LogP contribution in [0.15, 0.2) is 40.9 Å². The first-order valence-electron chi connectivity index (χ1n) is 6.47. The number of methoxy groups -OCH3 is 1. The van der Waals surface area contributed by atoms with Crippen molar-refractivity contribution in [1.29, 1.82) is 0 Å². The fourth-order valence-electron chi connectivity index (χ4n) is 1.93. The molecule has 0 radical (unpaired) electrons. The molecule has 120 valence electrons. The average Bonchev–Trinajstić information content (AvgIpc) is 2.54. The molecule has 0 bridgehead atoms. The molecule has 0 aliphatic heterocycles. The highest BCUT2D eigenvalue weighted by atomic mass is 79.9. The van der Waals surface area contributed by atoms with Crippen LogP contribution in [-0.4, -0.2) is 17.9 Å². The van der Waals surface area contributed by atoms with Crippen LogP contribution in [0.1, 0.15) is 15.9 Å². The van der Waals surface area contributed by atoms with Gasteiger partial charge in [-0.15, -0.1) is 0 Å². The third-order valence-corrected chi connectivity index (χ3v) is 3.86. The number of amides is 1. The molecule has 0 saturated heterocycles. The van der Waals surface area contributed by atoms with Crippen LogP contribution in [0.25, 0.3) is 0 Å². The van der Waals surface area contributed by atoms with Crippen molar-refractivity contribution < 1.29 is 18.8 Å². The quantitative estimate of drug-likeness (QED) is 0.634. The van der Waals surface area contributed by atoms with Gasteiger partial charge >= 0.3 is 5.69 Å². The highest BCUT2D eigenvalue weighted by Crippen LogP contribution is 2.27. The Balaban J connectivity index is 2.16. The van der Waals surface area contributed by atoms with Crippen LogP contribution in [0.4, 0.5) is 10.1 Å². The molecule has 0 aromatic heterocycles. The van der Waals surface area contributed by atoms with Crippen LogP contribution in [0, 0.1) is 15.9 Å². The molecule has 2 aromatic rings. The SMILES string of the molecule is COc1ccc(C(=O)NCc2cc(F)ccc2Br)cc1[N+](=O)[O-]. The lowest BCUT2D eigenvalue weighted by molar-refractivity contribution is -0.385. The number of nitro groups is 1. The number of benzene rings is 2. The molecule has 8 heteroatoms. The van der Waals surface area contributed by atoms with Gasteiger partial charge in [-0.05, 0) is 35.9 Å². The normalized spacial score (nSPS) is 10.2. The van der Waals surface area contributed by atoms with E-state index in [0.717, 1.165) is 6.07 Å². The van der Waals surface area contributed by atoms with E-state index in [1.54, 1.807) is 0 Å². The van der Waals surface area contributed by atoms with E-state index in [0.29, 0.717) is 10.0 Å². The lowest BCUT2D eigenvalue weighted by atomic mass is 10.1. The molecule has 0 heterocycles. The zero-order valence-corrected chi connectivity index (χ0v) is 13.6. The predicted molar refractivity (Wildman–Crippen MR) is 84.9 cm³/mol. The maximum atomic E-state index is 13.2. The van der Waals surface area contributed by atoms with E-state index in [1.807, 2.05) is 0 Å². The summed E-state index contributed by atoms with van der Waals surface area (Å²) in [6, 6.07) is 8.03. The Morgan fingerprint density at radius 3 is 2.74 bits per heavy atom. The molecule has 0 unspecified atom stereocenters. The topological polar surface area (TPSA) is 81.5 Å². The first kappa shape index (κ1) is 16.9. The van der Waals surface area contributed by atoms with E-state index < -0.39 is 16.6 Å². The number of halogens is 2. The van der Waals surface area contributed by atoms with Crippen molar-refractivity contribution in [1.82, 2.24) is 5.32 Å². The maximum Gasteiger partial charge on any atom is 0.311 e. The summed E-state index contributed by atoms with van der Waals surface area (Å²) in [6.07, 6.45) is 0. The fourth-order valence-corrected chi connectivity index (χ4v) is 2.32. The minimum Gasteiger partial charge on any atom is -0.490 e. The highest BCUT2D eigenvalue weighted by molar-refractivity contribution is 9.10. The van der Waals surface area contributed by atoms with E-state index in [2.05, 4.69) is 21.2 Å². The summed E-state index contributed by atoms with van der Waals surface area (Å²) < 4.78 is 18.7. The van der Waals surface area contributed by atoms with Gasteiger partial charge in [0.15, 0.2) is 5.75 Å². The molecule has 2 rings (SSSR count).